The molecule has 0 fully saturated rings. The van der Waals surface area contributed by atoms with Gasteiger partial charge in [0.1, 0.15) is 10.6 Å². The third-order valence-corrected chi connectivity index (χ3v) is 7.26. The minimum absolute atomic E-state index is 0.0217. The lowest BCUT2D eigenvalue weighted by molar-refractivity contribution is -0.136. The second kappa shape index (κ2) is 11.8. The Labute approximate surface area is 196 Å². The molecule has 2 rings (SSSR count). The SMILES string of the molecule is CCN(CC)S(=O)(=O)c1cc(C(=O)OCC(=O)N(Cc2ccccc2)C(C)C)ccc1OC. The quantitative estimate of drug-likeness (QED) is 0.462. The van der Waals surface area contributed by atoms with E-state index in [1.165, 1.54) is 29.6 Å². The molecule has 0 saturated heterocycles. The molecule has 33 heavy (non-hydrogen) atoms. The van der Waals surface area contributed by atoms with E-state index in [0.29, 0.717) is 6.54 Å². The number of methoxy groups -OCH3 is 1. The Bertz CT molecular complexity index is 1050. The summed E-state index contributed by atoms with van der Waals surface area (Å²) in [6.07, 6.45) is 0. The van der Waals surface area contributed by atoms with Gasteiger partial charge in [0.2, 0.25) is 10.0 Å². The van der Waals surface area contributed by atoms with Gasteiger partial charge in [0.25, 0.3) is 5.91 Å². The fourth-order valence-corrected chi connectivity index (χ4v) is 4.98. The fourth-order valence-electron chi connectivity index (χ4n) is 3.34. The zero-order chi connectivity index (χ0) is 24.6. The van der Waals surface area contributed by atoms with Crippen molar-refractivity contribution in [3.63, 3.8) is 0 Å². The van der Waals surface area contributed by atoms with E-state index >= 15 is 0 Å². The van der Waals surface area contributed by atoms with Gasteiger partial charge in [0.15, 0.2) is 6.61 Å². The van der Waals surface area contributed by atoms with Crippen molar-refractivity contribution < 1.29 is 27.5 Å². The van der Waals surface area contributed by atoms with Crippen LogP contribution in [0.1, 0.15) is 43.6 Å². The van der Waals surface area contributed by atoms with Gasteiger partial charge >= 0.3 is 5.97 Å². The molecule has 0 heterocycles. The van der Waals surface area contributed by atoms with Gasteiger partial charge in [-0.3, -0.25) is 4.79 Å². The lowest BCUT2D eigenvalue weighted by Crippen LogP contribution is -2.39. The maximum absolute atomic E-state index is 13.0. The molecule has 180 valence electrons. The number of ether oxygens (including phenoxy) is 2. The van der Waals surface area contributed by atoms with E-state index < -0.39 is 22.6 Å². The first-order valence-electron chi connectivity index (χ1n) is 10.8. The van der Waals surface area contributed by atoms with E-state index in [2.05, 4.69) is 0 Å². The van der Waals surface area contributed by atoms with Gasteiger partial charge in [-0.05, 0) is 37.6 Å². The molecule has 0 radical (unpaired) electrons. The van der Waals surface area contributed by atoms with E-state index in [1.54, 1.807) is 18.7 Å². The normalized spacial score (nSPS) is 11.5. The molecule has 0 atom stereocenters. The highest BCUT2D eigenvalue weighted by molar-refractivity contribution is 7.89. The number of hydrogen-bond acceptors (Lipinski definition) is 6. The van der Waals surface area contributed by atoms with Crippen LogP contribution in [0.25, 0.3) is 0 Å². The van der Waals surface area contributed by atoms with Crippen LogP contribution >= 0.6 is 0 Å². The molecule has 0 aliphatic carbocycles. The summed E-state index contributed by atoms with van der Waals surface area (Å²) in [7, 11) is -2.50. The third kappa shape index (κ3) is 6.55. The summed E-state index contributed by atoms with van der Waals surface area (Å²) in [4.78, 5) is 26.9. The summed E-state index contributed by atoms with van der Waals surface area (Å²) >= 11 is 0. The van der Waals surface area contributed by atoms with Crippen molar-refractivity contribution in [1.29, 1.82) is 0 Å². The number of sulfonamides is 1. The van der Waals surface area contributed by atoms with Gasteiger partial charge in [-0.2, -0.15) is 4.31 Å². The van der Waals surface area contributed by atoms with Gasteiger partial charge < -0.3 is 14.4 Å². The van der Waals surface area contributed by atoms with Gasteiger partial charge in [-0.1, -0.05) is 44.2 Å². The maximum atomic E-state index is 13.0. The fraction of sp³-hybridized carbons (Fsp3) is 0.417. The van der Waals surface area contributed by atoms with Crippen LogP contribution in [0.2, 0.25) is 0 Å². The summed E-state index contributed by atoms with van der Waals surface area (Å²) in [5, 5.41) is 0. The number of hydrogen-bond donors (Lipinski definition) is 0. The van der Waals surface area contributed by atoms with E-state index in [4.69, 9.17) is 9.47 Å². The summed E-state index contributed by atoms with van der Waals surface area (Å²) in [5.41, 5.74) is 0.987. The molecule has 0 aromatic heterocycles. The molecule has 0 bridgehead atoms. The van der Waals surface area contributed by atoms with Crippen LogP contribution in [0.5, 0.6) is 5.75 Å². The first-order valence-corrected chi connectivity index (χ1v) is 12.3. The monoisotopic (exact) mass is 476 g/mol. The van der Waals surface area contributed by atoms with Gasteiger partial charge in [-0.15, -0.1) is 0 Å². The Morgan fingerprint density at radius 3 is 2.18 bits per heavy atom. The highest BCUT2D eigenvalue weighted by atomic mass is 32.2. The van der Waals surface area contributed by atoms with E-state index in [0.717, 1.165) is 5.56 Å². The lowest BCUT2D eigenvalue weighted by Gasteiger charge is -2.26. The minimum Gasteiger partial charge on any atom is -0.495 e. The van der Waals surface area contributed by atoms with Crippen molar-refractivity contribution in [3.8, 4) is 5.75 Å². The molecule has 9 heteroatoms. The Morgan fingerprint density at radius 1 is 1.00 bits per heavy atom. The number of benzene rings is 2. The van der Waals surface area contributed by atoms with Crippen molar-refractivity contribution in [2.75, 3.05) is 26.8 Å². The van der Waals surface area contributed by atoms with E-state index in [9.17, 15) is 18.0 Å². The minimum atomic E-state index is -3.87. The molecule has 2 aromatic rings. The molecular weight excluding hydrogens is 444 g/mol. The number of amides is 1. The second-order valence-electron chi connectivity index (χ2n) is 7.63. The van der Waals surface area contributed by atoms with Crippen LogP contribution in [0.3, 0.4) is 0 Å². The first-order chi connectivity index (χ1) is 15.6. The number of rotatable bonds is 11. The Morgan fingerprint density at radius 2 is 1.64 bits per heavy atom. The largest absolute Gasteiger partial charge is 0.495 e. The van der Waals surface area contributed by atoms with Crippen LogP contribution in [0.4, 0.5) is 0 Å². The van der Waals surface area contributed by atoms with Crippen LogP contribution in [-0.2, 0) is 26.1 Å². The van der Waals surface area contributed by atoms with Gasteiger partial charge in [0.05, 0.1) is 12.7 Å². The number of esters is 1. The van der Waals surface area contributed by atoms with Crippen molar-refractivity contribution >= 4 is 21.9 Å². The van der Waals surface area contributed by atoms with Crippen molar-refractivity contribution in [1.82, 2.24) is 9.21 Å². The maximum Gasteiger partial charge on any atom is 0.338 e. The standard InChI is InChI=1S/C24H32N2O6S/c1-6-25(7-2)33(29,30)22-15-20(13-14-21(22)31-5)24(28)32-17-23(27)26(18(3)4)16-19-11-9-8-10-12-19/h8-15,18H,6-7,16-17H2,1-5H3. The highest BCUT2D eigenvalue weighted by Gasteiger charge is 2.27. The number of carbonyl (C=O) groups is 2. The van der Waals surface area contributed by atoms with Crippen LogP contribution in [0, 0.1) is 0 Å². The van der Waals surface area contributed by atoms with Crippen LogP contribution in [-0.4, -0.2) is 62.3 Å². The zero-order valence-corrected chi connectivity index (χ0v) is 20.6. The molecule has 0 spiro atoms. The van der Waals surface area contributed by atoms with Crippen molar-refractivity contribution in [3.05, 3.63) is 59.7 Å². The summed E-state index contributed by atoms with van der Waals surface area (Å²) in [6.45, 7) is 7.72. The Balaban J connectivity index is 2.18. The molecule has 0 unspecified atom stereocenters. The molecule has 2 aromatic carbocycles. The average molecular weight is 477 g/mol. The average Bonchev–Trinajstić information content (AvgIpc) is 2.81. The van der Waals surface area contributed by atoms with Crippen LogP contribution in [0.15, 0.2) is 53.4 Å². The summed E-state index contributed by atoms with van der Waals surface area (Å²) in [6, 6.07) is 13.5. The lowest BCUT2D eigenvalue weighted by atomic mass is 10.2. The highest BCUT2D eigenvalue weighted by Crippen LogP contribution is 2.28. The summed E-state index contributed by atoms with van der Waals surface area (Å²) < 4.78 is 37.7. The predicted octanol–water partition coefficient (Wildman–Crippen LogP) is 3.32. The Hall–Kier alpha value is -2.91. The van der Waals surface area contributed by atoms with E-state index in [1.807, 2.05) is 44.2 Å². The predicted molar refractivity (Wildman–Crippen MR) is 126 cm³/mol. The van der Waals surface area contributed by atoms with Crippen molar-refractivity contribution in [2.24, 2.45) is 0 Å². The van der Waals surface area contributed by atoms with Crippen molar-refractivity contribution in [2.45, 2.75) is 45.2 Å². The third-order valence-electron chi connectivity index (χ3n) is 5.19. The first kappa shape index (κ1) is 26.3. The molecule has 0 N–H and O–H groups in total. The molecule has 1 amide bonds. The molecule has 8 nitrogen and oxygen atoms in total. The topological polar surface area (TPSA) is 93.2 Å². The smallest absolute Gasteiger partial charge is 0.338 e. The molecule has 0 aliphatic rings. The van der Waals surface area contributed by atoms with E-state index in [-0.39, 0.29) is 41.2 Å². The molecule has 0 saturated carbocycles. The second-order valence-corrected chi connectivity index (χ2v) is 9.54. The number of nitrogens with zero attached hydrogens (tertiary/aromatic N) is 2. The molecule has 0 aliphatic heterocycles. The zero-order valence-electron chi connectivity index (χ0n) is 19.8. The van der Waals surface area contributed by atoms with Gasteiger partial charge in [0, 0.05) is 25.7 Å². The Kier molecular flexibility index (Phi) is 9.43. The number of carbonyl (C=O) groups excluding carboxylic acids is 2. The van der Waals surface area contributed by atoms with Gasteiger partial charge in [-0.25, -0.2) is 13.2 Å². The molecular formula is C24H32N2O6S. The summed E-state index contributed by atoms with van der Waals surface area (Å²) in [5.74, 6) is -1.000. The van der Waals surface area contributed by atoms with Crippen LogP contribution < -0.4 is 4.74 Å².